The van der Waals surface area contributed by atoms with Gasteiger partial charge < -0.3 is 58.9 Å². The lowest BCUT2D eigenvalue weighted by molar-refractivity contribution is -0.131. The number of carbonyl (C=O) groups excluding carboxylic acids is 3. The molecule has 6 aromatic heterocycles. The van der Waals surface area contributed by atoms with E-state index in [0.717, 1.165) is 36.4 Å². The van der Waals surface area contributed by atoms with Gasteiger partial charge in [-0.3, -0.25) is 14.4 Å². The van der Waals surface area contributed by atoms with Crippen molar-refractivity contribution in [1.29, 1.82) is 0 Å². The molecule has 9 rings (SSSR count). The maximum Gasteiger partial charge on any atom is 0.302 e. The quantitative estimate of drug-likeness (QED) is 0.152. The molecule has 9 heterocycles. The van der Waals surface area contributed by atoms with Crippen LogP contribution in [0.25, 0.3) is 47.6 Å². The van der Waals surface area contributed by atoms with Crippen LogP contribution in [0.3, 0.4) is 0 Å². The smallest absolute Gasteiger partial charge is 0.302 e. The number of rotatable bonds is 9. The summed E-state index contributed by atoms with van der Waals surface area (Å²) in [4.78, 5) is 81.6. The molecule has 3 N–H and O–H groups in total. The SMILES string of the molecule is [2H]c1c(C)[nH]c2ncnc(N(C)[C@@H]3[C@H](C([2H])([2H])[2H])C([2H])([2H])C([2H])([2H])N(C(=O)C([2H])([2H])[N+]#[C-])C3([2H])[2H])c12.[2H]c1c(C)[nH]c2ncnc(N(C)[C@@H]3[C@H](C)C([2H])([2H])C([2H])([2H])N(C(=O)C([2H])([2H])[N+]#[C-])C3([2H])[2H])c12.[2H]c1c(C)[nH]c2ncnc(N(C)[C@H]3C([2H])([2H])N(C(=O)C([2H])([2H])[N+]#[C-])C([2H])([2H])C([2H])([2H])[C@@]3([2H])C)c12. The molecule has 0 aromatic carbocycles. The molecule has 0 saturated carbocycles. The first-order chi connectivity index (χ1) is 46.4. The zero-order valence-electron chi connectivity index (χ0n) is 70.6. The van der Waals surface area contributed by atoms with Crippen molar-refractivity contribution in [3.8, 4) is 0 Å². The highest BCUT2D eigenvalue weighted by Crippen LogP contribution is 2.32. The molecule has 6 atom stereocenters. The van der Waals surface area contributed by atoms with Crippen LogP contribution in [0.2, 0.25) is 0 Å². The minimum absolute atomic E-state index is 0.0314. The van der Waals surface area contributed by atoms with E-state index in [4.69, 9.17) is 62.2 Å². The summed E-state index contributed by atoms with van der Waals surface area (Å²) in [5.41, 5.74) is 1.89. The van der Waals surface area contributed by atoms with Gasteiger partial charge in [-0.1, -0.05) is 20.7 Å². The molecule has 0 spiro atoms. The normalized spacial score (nSPS) is 35.3. The van der Waals surface area contributed by atoms with Gasteiger partial charge in [-0.25, -0.2) is 49.6 Å². The monoisotopic (exact) mass is 1010 g/mol. The number of aryl methyl sites for hydroxylation is 3. The average Bonchev–Trinajstić information content (AvgIpc) is 0.968. The second-order valence-electron chi connectivity index (χ2n) is 15.7. The van der Waals surface area contributed by atoms with Gasteiger partial charge in [-0.05, 0) is 75.7 Å². The summed E-state index contributed by atoms with van der Waals surface area (Å²) in [5, 5.41) is 0.405. The number of likely N-dealkylation sites (tertiary alicyclic amines) is 3. The third kappa shape index (κ3) is 11.5. The lowest BCUT2D eigenvalue weighted by Crippen LogP contribution is -2.53. The van der Waals surface area contributed by atoms with Gasteiger partial charge in [0.05, 0.1) is 46.6 Å². The van der Waals surface area contributed by atoms with Crippen molar-refractivity contribution >= 4 is 68.3 Å². The number of nitrogens with one attached hydrogen (secondary N) is 3. The van der Waals surface area contributed by atoms with Crippen molar-refractivity contribution < 1.29 is 56.9 Å². The van der Waals surface area contributed by atoms with Crippen LogP contribution in [0.1, 0.15) is 99.4 Å². The zero-order chi connectivity index (χ0) is 79.3. The van der Waals surface area contributed by atoms with Gasteiger partial charge in [-0.15, -0.1) is 0 Å². The van der Waals surface area contributed by atoms with Crippen LogP contribution in [0.15, 0.2) is 37.1 Å². The molecule has 0 aliphatic carbocycles. The Morgan fingerprint density at radius 2 is 0.958 bits per heavy atom. The molecule has 0 bridgehead atoms. The minimum atomic E-state index is -3.69. The van der Waals surface area contributed by atoms with E-state index in [1.54, 1.807) is 20.8 Å². The van der Waals surface area contributed by atoms with Crippen LogP contribution in [0.5, 0.6) is 0 Å². The number of hydrogen-bond acceptors (Lipinski definition) is 12. The maximum atomic E-state index is 13.0. The third-order valence-corrected chi connectivity index (χ3v) is 10.7. The van der Waals surface area contributed by atoms with Gasteiger partial charge in [0.2, 0.25) is 0 Å². The van der Waals surface area contributed by atoms with E-state index in [-0.39, 0.29) is 83.4 Å². The Labute approximate surface area is 464 Å². The highest BCUT2D eigenvalue weighted by molar-refractivity contribution is 5.90. The van der Waals surface area contributed by atoms with E-state index in [1.165, 1.54) is 32.2 Å². The van der Waals surface area contributed by atoms with E-state index in [0.29, 0.717) is 17.1 Å². The molecule has 21 heteroatoms. The third-order valence-electron chi connectivity index (χ3n) is 10.7. The molecule has 3 fully saturated rings. The number of amides is 3. The van der Waals surface area contributed by atoms with Crippen molar-refractivity contribution in [2.45, 2.75) is 78.7 Å². The van der Waals surface area contributed by atoms with Crippen molar-refractivity contribution in [1.82, 2.24) is 59.6 Å². The van der Waals surface area contributed by atoms with Crippen LogP contribution >= 0.6 is 0 Å². The number of fused-ring (bicyclic) bond motifs is 3. The average molecular weight is 1010 g/mol. The summed E-state index contributed by atoms with van der Waals surface area (Å²) in [7, 11) is 3.77. The second-order valence-corrected chi connectivity index (χ2v) is 15.7. The summed E-state index contributed by atoms with van der Waals surface area (Å²) in [6.45, 7) is -5.64. The molecule has 3 amide bonds. The van der Waals surface area contributed by atoms with Crippen LogP contribution in [-0.4, -0.2) is 175 Å². The lowest BCUT2D eigenvalue weighted by Gasteiger charge is -2.41. The second kappa shape index (κ2) is 22.9. The van der Waals surface area contributed by atoms with E-state index < -0.39 is 138 Å². The number of piperidine rings is 3. The predicted molar refractivity (Wildman–Crippen MR) is 278 cm³/mol. The Morgan fingerprint density at radius 1 is 0.625 bits per heavy atom. The Kier molecular flexibility index (Phi) is 7.96. The summed E-state index contributed by atoms with van der Waals surface area (Å²) in [6.07, 6.45) is -6.25. The Balaban J connectivity index is 0.000000216. The first kappa shape index (κ1) is 25.0. The molecular weight excluding hydrogens is 913 g/mol. The van der Waals surface area contributed by atoms with E-state index >= 15 is 0 Å². The van der Waals surface area contributed by atoms with Crippen molar-refractivity contribution in [3.05, 3.63) is 88.4 Å². The molecule has 72 heavy (non-hydrogen) atoms. The fourth-order valence-corrected chi connectivity index (χ4v) is 7.30. The van der Waals surface area contributed by atoms with Crippen LogP contribution in [0.4, 0.5) is 17.5 Å². The lowest BCUT2D eigenvalue weighted by atomic mass is 9.92. The largest absolute Gasteiger partial charge is 0.354 e. The van der Waals surface area contributed by atoms with E-state index in [9.17, 15) is 14.4 Å². The molecule has 0 radical (unpaired) electrons. The van der Waals surface area contributed by atoms with Crippen LogP contribution < -0.4 is 14.7 Å². The van der Waals surface area contributed by atoms with Crippen molar-refractivity contribution in [2.24, 2.45) is 17.7 Å². The Morgan fingerprint density at radius 3 is 1.33 bits per heavy atom. The summed E-state index contributed by atoms with van der Waals surface area (Å²) in [5.74, 6) is -12.4. The zero-order valence-corrected chi connectivity index (χ0v) is 39.6. The van der Waals surface area contributed by atoms with Crippen LogP contribution in [0, 0.1) is 58.2 Å². The number of H-pyrrole nitrogens is 3. The van der Waals surface area contributed by atoms with Crippen LogP contribution in [-0.2, 0) is 14.4 Å². The minimum Gasteiger partial charge on any atom is -0.354 e. The molecule has 6 aromatic rings. The number of nitrogens with zero attached hydrogens (tertiary/aromatic N) is 15. The van der Waals surface area contributed by atoms with Gasteiger partial charge in [0.1, 0.15) is 61.6 Å². The molecule has 3 aliphatic heterocycles. The number of aromatic nitrogens is 9. The first-order valence-corrected chi connectivity index (χ1v) is 21.2. The van der Waals surface area contributed by atoms with Gasteiger partial charge >= 0.3 is 17.7 Å². The Hall–Kier alpha value is -7.86. The fourth-order valence-electron chi connectivity index (χ4n) is 7.30. The number of anilines is 3. The van der Waals surface area contributed by atoms with E-state index in [2.05, 4.69) is 59.4 Å². The first-order valence-electron chi connectivity index (χ1n) is 36.7. The number of carbonyl (C=O) groups is 3. The number of hydrogen-bond donors (Lipinski definition) is 3. The molecule has 3 saturated heterocycles. The topological polar surface area (TPSA) is 208 Å². The highest BCUT2D eigenvalue weighted by Gasteiger charge is 2.36. The highest BCUT2D eigenvalue weighted by atomic mass is 16.2. The molecule has 3 aliphatic rings. The van der Waals surface area contributed by atoms with E-state index in [1.807, 2.05) is 0 Å². The van der Waals surface area contributed by atoms with Gasteiger partial charge in [-0.2, -0.15) is 0 Å². The van der Waals surface area contributed by atoms with Crippen molar-refractivity contribution in [2.75, 3.05) is 94.3 Å². The predicted octanol–water partition coefficient (Wildman–Crippen LogP) is 5.58. The van der Waals surface area contributed by atoms with Crippen molar-refractivity contribution in [3.63, 3.8) is 0 Å². The standard InChI is InChI=1S/3C17H22N6O/c3*1-11-5-6-23(15(24)8-18-3)9-14(11)22(4)17-13-7-12(2)21-16(13)19-10-20-17/h3*7,10-11,14H,5-6,8-9H2,1-2,4H3,(H,19,20,21)/t3*11-,14+/m111/s1/i5D2,6D2,7D,8D2,9D2,11D;1D3,5D2,6D2,7D,8D2,9D2;5D2,6D2,7D,8D2,9D2. The van der Waals surface area contributed by atoms with Gasteiger partial charge in [0, 0.05) is 99.1 Å². The summed E-state index contributed by atoms with van der Waals surface area (Å²) >= 11 is 0. The Bertz CT molecular complexity index is 4490. The fraction of sp³-hybridized carbons (Fsp3) is 0.529. The number of aromatic amines is 3. The summed E-state index contributed by atoms with van der Waals surface area (Å²) in [6, 6.07) is -5.82. The van der Waals surface area contributed by atoms with Gasteiger partial charge in [0.25, 0.3) is 19.5 Å². The molecule has 21 nitrogen and oxygen atoms in total. The maximum absolute atomic E-state index is 13.0. The molecular formula is C51H66N18O3. The van der Waals surface area contributed by atoms with Gasteiger partial charge in [0.15, 0.2) is 0 Å². The number of likely N-dealkylation sites (N-methyl/N-ethyl adjacent to an activating group) is 3. The molecule has 0 unspecified atom stereocenters. The molecule has 378 valence electrons. The summed E-state index contributed by atoms with van der Waals surface area (Å²) < 4.78 is 256.